The van der Waals surface area contributed by atoms with Gasteiger partial charge in [-0.25, -0.2) is 0 Å². The second kappa shape index (κ2) is 14.1. The van der Waals surface area contributed by atoms with Crippen LogP contribution in [0.3, 0.4) is 0 Å². The minimum atomic E-state index is -0.850. The van der Waals surface area contributed by atoms with Gasteiger partial charge in [0.05, 0.1) is 0 Å². The van der Waals surface area contributed by atoms with E-state index in [0.29, 0.717) is 18.6 Å². The van der Waals surface area contributed by atoms with E-state index in [1.807, 2.05) is 44.2 Å². The average molecular weight is 472 g/mol. The van der Waals surface area contributed by atoms with Crippen molar-refractivity contribution in [1.29, 1.82) is 0 Å². The second-order valence-electron chi connectivity index (χ2n) is 7.66. The standard InChI is InChI=1S/C22H29BN4O3S2/c1-4-31-32-14-17-12-25-19(13-24-17)22(29)26-18(11-16-8-6-5-7-9-16)21(28)27-20(23-30)10-15(2)3/h5-9,12-13,15,18,20H,4,10-11,14H2,1-3H3,(H,26,29)(H,27,28)/t18-,20-/m0/s1. The number of aromatic nitrogens is 2. The number of carbonyl (C=O) groups excluding carboxylic acids is 2. The first-order chi connectivity index (χ1) is 15.4. The summed E-state index contributed by atoms with van der Waals surface area (Å²) in [5, 5.41) is 5.51. The van der Waals surface area contributed by atoms with Crippen LogP contribution in [0.1, 0.15) is 48.9 Å². The Bertz CT molecular complexity index is 869. The molecule has 2 atom stereocenters. The van der Waals surface area contributed by atoms with E-state index in [1.54, 1.807) is 27.8 Å². The van der Waals surface area contributed by atoms with Crippen molar-refractivity contribution in [1.82, 2.24) is 20.6 Å². The zero-order valence-electron chi connectivity index (χ0n) is 18.6. The molecule has 10 heteroatoms. The summed E-state index contributed by atoms with van der Waals surface area (Å²) in [7, 11) is 4.15. The topological polar surface area (TPSA) is 101 Å². The quantitative estimate of drug-likeness (QED) is 0.262. The molecule has 1 heterocycles. The molecule has 0 saturated heterocycles. The van der Waals surface area contributed by atoms with Crippen LogP contribution in [-0.2, 0) is 21.7 Å². The first kappa shape index (κ1) is 26.1. The van der Waals surface area contributed by atoms with Gasteiger partial charge in [0.25, 0.3) is 0 Å². The molecule has 2 aromatic rings. The second-order valence-corrected chi connectivity index (χ2v) is 10.4. The first-order valence-corrected chi connectivity index (χ1v) is 13.1. The maximum absolute atomic E-state index is 12.9. The van der Waals surface area contributed by atoms with E-state index in [2.05, 4.69) is 27.5 Å². The molecule has 0 radical (unpaired) electrons. The van der Waals surface area contributed by atoms with Crippen molar-refractivity contribution in [3.63, 3.8) is 0 Å². The summed E-state index contributed by atoms with van der Waals surface area (Å²) in [4.78, 5) is 34.2. The van der Waals surface area contributed by atoms with E-state index in [0.717, 1.165) is 24.2 Å². The number of hydrogen-bond acceptors (Lipinski definition) is 7. The SMILES string of the molecule is CCSSCc1cnc(C(=O)N[C@@H](Cc2ccccc2)C(=O)N[C@H](B=O)CC(C)C)cn1. The molecule has 1 aromatic heterocycles. The monoisotopic (exact) mass is 472 g/mol. The molecule has 0 aliphatic rings. The van der Waals surface area contributed by atoms with Crippen molar-refractivity contribution in [2.75, 3.05) is 5.75 Å². The van der Waals surface area contributed by atoms with Crippen molar-refractivity contribution in [3.05, 3.63) is 59.7 Å². The summed E-state index contributed by atoms with van der Waals surface area (Å²) in [5.74, 6) is 0.464. The Balaban J connectivity index is 2.10. The van der Waals surface area contributed by atoms with Gasteiger partial charge < -0.3 is 0 Å². The van der Waals surface area contributed by atoms with Crippen LogP contribution in [0.5, 0.6) is 0 Å². The fourth-order valence-electron chi connectivity index (χ4n) is 2.96. The Morgan fingerprint density at radius 3 is 2.41 bits per heavy atom. The maximum atomic E-state index is 12.9. The van der Waals surface area contributed by atoms with Gasteiger partial charge in [-0.05, 0) is 0 Å². The van der Waals surface area contributed by atoms with Crippen molar-refractivity contribution >= 4 is 40.6 Å². The van der Waals surface area contributed by atoms with Crippen LogP contribution in [0.2, 0.25) is 0 Å². The molecule has 2 rings (SSSR count). The fourth-order valence-corrected chi connectivity index (χ4v) is 4.59. The van der Waals surface area contributed by atoms with Gasteiger partial charge in [-0.3, -0.25) is 0 Å². The molecule has 0 aliphatic carbocycles. The molecule has 32 heavy (non-hydrogen) atoms. The molecule has 0 aliphatic heterocycles. The van der Waals surface area contributed by atoms with E-state index >= 15 is 0 Å². The summed E-state index contributed by atoms with van der Waals surface area (Å²) in [6.07, 6.45) is 3.83. The number of hydrogen-bond donors (Lipinski definition) is 2. The van der Waals surface area contributed by atoms with Gasteiger partial charge >= 0.3 is 175 Å². The molecule has 0 fully saturated rings. The van der Waals surface area contributed by atoms with E-state index in [-0.39, 0.29) is 11.6 Å². The third-order valence-electron chi connectivity index (χ3n) is 4.47. The van der Waals surface area contributed by atoms with E-state index < -0.39 is 23.8 Å². The molecule has 1 aromatic carbocycles. The zero-order valence-corrected chi connectivity index (χ0v) is 20.2. The van der Waals surface area contributed by atoms with Crippen LogP contribution in [0.25, 0.3) is 0 Å². The molecule has 0 bridgehead atoms. The summed E-state index contributed by atoms with van der Waals surface area (Å²) in [5.41, 5.74) is 1.82. The van der Waals surface area contributed by atoms with Gasteiger partial charge in [-0.2, -0.15) is 0 Å². The molecule has 0 saturated carbocycles. The number of benzene rings is 1. The molecule has 0 unspecified atom stereocenters. The van der Waals surface area contributed by atoms with E-state index in [1.165, 1.54) is 6.20 Å². The number of amides is 2. The summed E-state index contributed by atoms with van der Waals surface area (Å²) in [6, 6.07) is 8.56. The van der Waals surface area contributed by atoms with Gasteiger partial charge in [-0.1, -0.05) is 17.7 Å². The van der Waals surface area contributed by atoms with Gasteiger partial charge in [0, 0.05) is 5.75 Å². The third kappa shape index (κ3) is 9.12. The minimum absolute atomic E-state index is 0.141. The summed E-state index contributed by atoms with van der Waals surface area (Å²) >= 11 is 0. The fraction of sp³-hybridized carbons (Fsp3) is 0.455. The van der Waals surface area contributed by atoms with Crippen LogP contribution in [0, 0.1) is 5.92 Å². The van der Waals surface area contributed by atoms with Crippen molar-refractivity contribution < 1.29 is 14.3 Å². The van der Waals surface area contributed by atoms with Crippen molar-refractivity contribution in [2.24, 2.45) is 5.92 Å². The van der Waals surface area contributed by atoms with Gasteiger partial charge in [-0.15, -0.1) is 0 Å². The number of nitrogens with one attached hydrogen (secondary N) is 2. The predicted molar refractivity (Wildman–Crippen MR) is 131 cm³/mol. The molecular weight excluding hydrogens is 443 g/mol. The van der Waals surface area contributed by atoms with E-state index in [9.17, 15) is 14.3 Å². The first-order valence-electron chi connectivity index (χ1n) is 10.6. The van der Waals surface area contributed by atoms with Gasteiger partial charge in [0.15, 0.2) is 0 Å². The normalized spacial score (nSPS) is 12.6. The number of nitrogens with zero attached hydrogens (tertiary/aromatic N) is 2. The summed E-state index contributed by atoms with van der Waals surface area (Å²) < 4.78 is 11.4. The molecule has 2 N–H and O–H groups in total. The zero-order chi connectivity index (χ0) is 23.3. The Labute approximate surface area is 198 Å². The Hall–Kier alpha value is -2.20. The Morgan fingerprint density at radius 1 is 1.06 bits per heavy atom. The van der Waals surface area contributed by atoms with Crippen LogP contribution >= 0.6 is 21.6 Å². The third-order valence-corrected chi connectivity index (χ3v) is 6.84. The van der Waals surface area contributed by atoms with E-state index in [4.69, 9.17) is 0 Å². The molecule has 2 amide bonds. The molecule has 170 valence electrons. The van der Waals surface area contributed by atoms with Crippen LogP contribution < -0.4 is 10.6 Å². The number of carbonyl (C=O) groups is 2. The van der Waals surface area contributed by atoms with Gasteiger partial charge in [0.1, 0.15) is 0 Å². The Kier molecular flexibility index (Phi) is 11.4. The van der Waals surface area contributed by atoms with Crippen LogP contribution in [0.15, 0.2) is 42.7 Å². The molecular formula is C22H29BN4O3S2. The van der Waals surface area contributed by atoms with Crippen LogP contribution in [0.4, 0.5) is 0 Å². The molecule has 7 nitrogen and oxygen atoms in total. The average Bonchev–Trinajstić information content (AvgIpc) is 2.79. The van der Waals surface area contributed by atoms with Crippen molar-refractivity contribution in [3.8, 4) is 0 Å². The Morgan fingerprint density at radius 2 is 1.81 bits per heavy atom. The predicted octanol–water partition coefficient (Wildman–Crippen LogP) is 3.26. The van der Waals surface area contributed by atoms with Crippen LogP contribution in [-0.4, -0.2) is 46.7 Å². The van der Waals surface area contributed by atoms with Gasteiger partial charge in [0.2, 0.25) is 0 Å². The summed E-state index contributed by atoms with van der Waals surface area (Å²) in [6.45, 7) is 6.04. The molecule has 0 spiro atoms. The number of rotatable bonds is 13. The van der Waals surface area contributed by atoms with Crippen molar-refractivity contribution in [2.45, 2.75) is 51.3 Å².